The molecule has 1 aromatic rings. The number of nitrogens with two attached hydrogens (primary N) is 1. The number of aryl methyl sites for hydroxylation is 1. The number of hydrogen-bond donors (Lipinski definition) is 2. The second kappa shape index (κ2) is 8.17. The van der Waals surface area contributed by atoms with Gasteiger partial charge >= 0.3 is 5.97 Å². The molecule has 1 saturated heterocycles. The summed E-state index contributed by atoms with van der Waals surface area (Å²) in [6, 6.07) is 0. The van der Waals surface area contributed by atoms with Crippen LogP contribution in [-0.4, -0.2) is 47.6 Å². The molecule has 4 rings (SSSR count). The Labute approximate surface area is 176 Å². The lowest BCUT2D eigenvalue weighted by atomic mass is 9.81. The number of nitrogens with zero attached hydrogens (tertiary/aromatic N) is 1. The highest BCUT2D eigenvalue weighted by atomic mass is 32.1. The van der Waals surface area contributed by atoms with E-state index in [9.17, 15) is 24.0 Å². The molecule has 0 bridgehead atoms. The van der Waals surface area contributed by atoms with Crippen LogP contribution in [0.1, 0.15) is 52.9 Å². The first-order valence-corrected chi connectivity index (χ1v) is 10.9. The zero-order valence-electron chi connectivity index (χ0n) is 16.4. The van der Waals surface area contributed by atoms with E-state index in [2.05, 4.69) is 5.32 Å². The van der Waals surface area contributed by atoms with Crippen LogP contribution in [0.15, 0.2) is 0 Å². The van der Waals surface area contributed by atoms with Crippen LogP contribution in [0.3, 0.4) is 0 Å². The molecule has 2 aliphatic carbocycles. The topological polar surface area (TPSA) is 136 Å². The number of carbonyl (C=O) groups is 5. The molecule has 0 unspecified atom stereocenters. The van der Waals surface area contributed by atoms with Crippen molar-refractivity contribution in [3.8, 4) is 0 Å². The van der Waals surface area contributed by atoms with Gasteiger partial charge in [0.1, 0.15) is 11.5 Å². The number of nitrogens with one attached hydrogen (secondary N) is 1. The molecule has 9 nitrogen and oxygen atoms in total. The predicted molar refractivity (Wildman–Crippen MR) is 107 cm³/mol. The third kappa shape index (κ3) is 3.71. The van der Waals surface area contributed by atoms with Gasteiger partial charge in [0.2, 0.25) is 11.8 Å². The van der Waals surface area contributed by atoms with Gasteiger partial charge in [-0.1, -0.05) is 12.8 Å². The molecule has 0 spiro atoms. The minimum atomic E-state index is -0.825. The number of carbonyl (C=O) groups excluding carboxylic acids is 5. The fourth-order valence-corrected chi connectivity index (χ4v) is 5.93. The van der Waals surface area contributed by atoms with Crippen LogP contribution in [-0.2, 0) is 36.8 Å². The van der Waals surface area contributed by atoms with Gasteiger partial charge in [0.15, 0.2) is 6.61 Å². The van der Waals surface area contributed by atoms with E-state index >= 15 is 0 Å². The summed E-state index contributed by atoms with van der Waals surface area (Å²) in [5.41, 5.74) is 6.66. The van der Waals surface area contributed by atoms with Crippen molar-refractivity contribution in [2.75, 3.05) is 18.5 Å². The molecular formula is C20H23N3O6S. The maximum atomic E-state index is 12.4. The van der Waals surface area contributed by atoms with E-state index in [-0.39, 0.29) is 23.7 Å². The number of fused-ring (bicyclic) bond motifs is 2. The van der Waals surface area contributed by atoms with Gasteiger partial charge in [-0.2, -0.15) is 0 Å². The molecular weight excluding hydrogens is 410 g/mol. The van der Waals surface area contributed by atoms with E-state index in [0.29, 0.717) is 23.4 Å². The number of likely N-dealkylation sites (tertiary alicyclic amines) is 1. The first-order valence-electron chi connectivity index (χ1n) is 10.1. The van der Waals surface area contributed by atoms with Crippen LogP contribution < -0.4 is 11.1 Å². The summed E-state index contributed by atoms with van der Waals surface area (Å²) in [4.78, 5) is 62.9. The van der Waals surface area contributed by atoms with Gasteiger partial charge in [-0.25, -0.2) is 0 Å². The van der Waals surface area contributed by atoms with Crippen molar-refractivity contribution in [2.24, 2.45) is 17.6 Å². The first kappa shape index (κ1) is 20.5. The van der Waals surface area contributed by atoms with Gasteiger partial charge in [0, 0.05) is 4.88 Å². The second-order valence-corrected chi connectivity index (χ2v) is 9.00. The summed E-state index contributed by atoms with van der Waals surface area (Å²) in [5.74, 6) is -3.37. The maximum absolute atomic E-state index is 12.4. The number of esters is 1. The fourth-order valence-electron chi connectivity index (χ4n) is 4.62. The zero-order valence-corrected chi connectivity index (χ0v) is 17.2. The quantitative estimate of drug-likeness (QED) is 0.507. The van der Waals surface area contributed by atoms with Crippen LogP contribution in [0.25, 0.3) is 0 Å². The summed E-state index contributed by atoms with van der Waals surface area (Å²) in [7, 11) is 0. The predicted octanol–water partition coefficient (Wildman–Crippen LogP) is 0.993. The van der Waals surface area contributed by atoms with Crippen LogP contribution in [0.2, 0.25) is 0 Å². The molecule has 10 heteroatoms. The van der Waals surface area contributed by atoms with E-state index in [1.807, 2.05) is 0 Å². The number of primary amides is 1. The Hall–Kier alpha value is -2.75. The average Bonchev–Trinajstić information content (AvgIpc) is 3.35. The van der Waals surface area contributed by atoms with Crippen molar-refractivity contribution in [3.63, 3.8) is 0 Å². The number of anilines is 1. The normalized spacial score (nSPS) is 22.6. The van der Waals surface area contributed by atoms with Crippen molar-refractivity contribution >= 4 is 45.9 Å². The highest BCUT2D eigenvalue weighted by Gasteiger charge is 2.48. The molecule has 3 aliphatic rings. The summed E-state index contributed by atoms with van der Waals surface area (Å²) in [6.45, 7) is -1.07. The Morgan fingerprint density at radius 1 is 1.07 bits per heavy atom. The average molecular weight is 433 g/mol. The lowest BCUT2D eigenvalue weighted by Crippen LogP contribution is -2.37. The van der Waals surface area contributed by atoms with Crippen molar-refractivity contribution in [1.29, 1.82) is 0 Å². The number of hydrogen-bond acceptors (Lipinski definition) is 7. The number of thiophene rings is 1. The molecule has 160 valence electrons. The van der Waals surface area contributed by atoms with E-state index in [4.69, 9.17) is 10.5 Å². The number of imide groups is 1. The maximum Gasteiger partial charge on any atom is 0.326 e. The Balaban J connectivity index is 1.32. The van der Waals surface area contributed by atoms with Gasteiger partial charge in [0.25, 0.3) is 11.8 Å². The first-order chi connectivity index (χ1) is 14.4. The minimum Gasteiger partial charge on any atom is -0.454 e. The van der Waals surface area contributed by atoms with E-state index < -0.39 is 30.9 Å². The summed E-state index contributed by atoms with van der Waals surface area (Å²) >= 11 is 1.31. The second-order valence-electron chi connectivity index (χ2n) is 7.89. The van der Waals surface area contributed by atoms with Gasteiger partial charge < -0.3 is 15.8 Å². The van der Waals surface area contributed by atoms with Gasteiger partial charge in [0.05, 0.1) is 17.4 Å². The lowest BCUT2D eigenvalue weighted by molar-refractivity contribution is -0.154. The largest absolute Gasteiger partial charge is 0.454 e. The Morgan fingerprint density at radius 3 is 2.37 bits per heavy atom. The number of ether oxygens (including phenoxy) is 1. The Kier molecular flexibility index (Phi) is 5.59. The van der Waals surface area contributed by atoms with Gasteiger partial charge in [-0.05, 0) is 37.7 Å². The number of rotatable bonds is 6. The molecule has 2 fully saturated rings. The van der Waals surface area contributed by atoms with Crippen molar-refractivity contribution in [3.05, 3.63) is 16.0 Å². The van der Waals surface area contributed by atoms with Gasteiger partial charge in [-0.15, -0.1) is 11.3 Å². The van der Waals surface area contributed by atoms with Crippen LogP contribution in [0.4, 0.5) is 5.00 Å². The molecule has 0 aromatic carbocycles. The minimum absolute atomic E-state index is 0.322. The van der Waals surface area contributed by atoms with E-state index in [0.717, 1.165) is 47.4 Å². The van der Waals surface area contributed by atoms with Crippen molar-refractivity contribution in [2.45, 2.75) is 44.9 Å². The molecule has 1 aromatic heterocycles. The molecule has 2 atom stereocenters. The van der Waals surface area contributed by atoms with Gasteiger partial charge in [-0.3, -0.25) is 28.9 Å². The summed E-state index contributed by atoms with van der Waals surface area (Å²) < 4.78 is 4.96. The lowest BCUT2D eigenvalue weighted by Gasteiger charge is -2.19. The Bertz CT molecular complexity index is 915. The molecule has 1 aliphatic heterocycles. The molecule has 0 radical (unpaired) electrons. The van der Waals surface area contributed by atoms with E-state index in [1.165, 1.54) is 11.3 Å². The smallest absolute Gasteiger partial charge is 0.326 e. The third-order valence-corrected chi connectivity index (χ3v) is 7.21. The third-order valence-electron chi connectivity index (χ3n) is 6.00. The van der Waals surface area contributed by atoms with Crippen molar-refractivity contribution < 1.29 is 28.7 Å². The van der Waals surface area contributed by atoms with Crippen LogP contribution in [0, 0.1) is 11.8 Å². The van der Waals surface area contributed by atoms with Crippen LogP contribution >= 0.6 is 11.3 Å². The van der Waals surface area contributed by atoms with Crippen molar-refractivity contribution in [1.82, 2.24) is 4.90 Å². The summed E-state index contributed by atoms with van der Waals surface area (Å²) in [5, 5.41) is 2.95. The molecule has 3 N–H and O–H groups in total. The molecule has 4 amide bonds. The SMILES string of the molecule is NC(=O)c1c(NC(=O)COC(=O)CN2C(=O)[C@H]3CCCC[C@H]3C2=O)sc2c1CCC2. The van der Waals surface area contributed by atoms with E-state index in [1.54, 1.807) is 0 Å². The molecule has 2 heterocycles. The summed E-state index contributed by atoms with van der Waals surface area (Å²) in [6.07, 6.45) is 5.66. The molecule has 30 heavy (non-hydrogen) atoms. The number of amides is 4. The molecule has 1 saturated carbocycles. The Morgan fingerprint density at radius 2 is 1.73 bits per heavy atom. The highest BCUT2D eigenvalue weighted by Crippen LogP contribution is 2.39. The zero-order chi connectivity index (χ0) is 21.4. The fraction of sp³-hybridized carbons (Fsp3) is 0.550. The monoisotopic (exact) mass is 433 g/mol. The van der Waals surface area contributed by atoms with Crippen LogP contribution in [0.5, 0.6) is 0 Å². The highest BCUT2D eigenvalue weighted by molar-refractivity contribution is 7.17. The standard InChI is InChI=1S/C20H23N3O6S/c21-17(26)16-12-6-3-7-13(12)30-18(16)22-14(24)9-29-15(25)8-23-19(27)10-4-1-2-5-11(10)20(23)28/h10-11H,1-9H2,(H2,21,26)(H,22,24)/t10-,11+.